The molecule has 4 aromatic rings. The Morgan fingerprint density at radius 3 is 2.61 bits per heavy atom. The number of carbonyl (C=O) groups excluding carboxylic acids is 2. The first-order valence-corrected chi connectivity index (χ1v) is 11.3. The number of imidazole rings is 1. The van der Waals surface area contributed by atoms with Crippen LogP contribution in [0.15, 0.2) is 72.8 Å². The van der Waals surface area contributed by atoms with E-state index in [0.717, 1.165) is 23.1 Å². The summed E-state index contributed by atoms with van der Waals surface area (Å²) < 4.78 is 0. The standard InChI is InChI=1S/C26H23ClN4O2/c1-2-14-31-22-13-12-18(27)15-19(22)26(25(31)33,30-24(32)17-8-4-3-5-9-17)16-23-28-20-10-6-7-11-21(20)29-23/h3-13,15H,2,14,16H2,1H3,(H,28,29)(H,30,32). The summed E-state index contributed by atoms with van der Waals surface area (Å²) in [5.41, 5.74) is 2.26. The van der Waals surface area contributed by atoms with Crippen LogP contribution in [0.2, 0.25) is 5.02 Å². The summed E-state index contributed by atoms with van der Waals surface area (Å²) in [5, 5.41) is 3.58. The van der Waals surface area contributed by atoms with Crippen molar-refractivity contribution in [1.29, 1.82) is 0 Å². The Morgan fingerprint density at radius 1 is 1.09 bits per heavy atom. The fourth-order valence-corrected chi connectivity index (χ4v) is 4.69. The molecular weight excluding hydrogens is 436 g/mol. The molecule has 1 aliphatic heterocycles. The van der Waals surface area contributed by atoms with Crippen LogP contribution in [0.25, 0.3) is 11.0 Å². The van der Waals surface area contributed by atoms with Gasteiger partial charge in [0.2, 0.25) is 0 Å². The molecular formula is C26H23ClN4O2. The third-order valence-electron chi connectivity index (χ3n) is 6.00. The Kier molecular flexibility index (Phi) is 5.38. The van der Waals surface area contributed by atoms with Gasteiger partial charge in [-0.3, -0.25) is 9.59 Å². The second-order valence-corrected chi connectivity index (χ2v) is 8.66. The largest absolute Gasteiger partial charge is 0.342 e. The van der Waals surface area contributed by atoms with Gasteiger partial charge < -0.3 is 15.2 Å². The molecule has 1 atom stereocenters. The summed E-state index contributed by atoms with van der Waals surface area (Å²) in [4.78, 5) is 37.1. The minimum Gasteiger partial charge on any atom is -0.342 e. The number of nitrogens with one attached hydrogen (secondary N) is 2. The number of rotatable bonds is 6. The highest BCUT2D eigenvalue weighted by Crippen LogP contribution is 2.43. The minimum absolute atomic E-state index is 0.173. The van der Waals surface area contributed by atoms with Gasteiger partial charge in [-0.1, -0.05) is 48.9 Å². The predicted molar refractivity (Wildman–Crippen MR) is 129 cm³/mol. The highest BCUT2D eigenvalue weighted by atomic mass is 35.5. The second kappa shape index (κ2) is 8.37. The van der Waals surface area contributed by atoms with Crippen molar-refractivity contribution < 1.29 is 9.59 Å². The molecule has 0 saturated heterocycles. The lowest BCUT2D eigenvalue weighted by Crippen LogP contribution is -2.54. The molecule has 0 aliphatic carbocycles. The average Bonchev–Trinajstić information content (AvgIpc) is 3.32. The third-order valence-corrected chi connectivity index (χ3v) is 6.24. The molecule has 0 radical (unpaired) electrons. The van der Waals surface area contributed by atoms with Crippen LogP contribution in [0.4, 0.5) is 5.69 Å². The molecule has 1 unspecified atom stereocenters. The summed E-state index contributed by atoms with van der Waals surface area (Å²) in [6.45, 7) is 2.56. The van der Waals surface area contributed by atoms with Crippen molar-refractivity contribution in [3.63, 3.8) is 0 Å². The summed E-state index contributed by atoms with van der Waals surface area (Å²) in [7, 11) is 0. The van der Waals surface area contributed by atoms with Crippen molar-refractivity contribution in [2.75, 3.05) is 11.4 Å². The lowest BCUT2D eigenvalue weighted by Gasteiger charge is -2.29. The van der Waals surface area contributed by atoms with Crippen LogP contribution >= 0.6 is 11.6 Å². The van der Waals surface area contributed by atoms with E-state index in [1.165, 1.54) is 0 Å². The Balaban J connectivity index is 1.66. The first-order chi connectivity index (χ1) is 16.0. The molecule has 2 N–H and O–H groups in total. The Morgan fingerprint density at radius 2 is 1.85 bits per heavy atom. The maximum absolute atomic E-state index is 14.0. The molecule has 6 nitrogen and oxygen atoms in total. The van der Waals surface area contributed by atoms with Gasteiger partial charge in [0.15, 0.2) is 5.54 Å². The normalized spacial score (nSPS) is 17.4. The van der Waals surface area contributed by atoms with Gasteiger partial charge in [0.1, 0.15) is 5.82 Å². The molecule has 0 saturated carbocycles. The Hall–Kier alpha value is -3.64. The van der Waals surface area contributed by atoms with E-state index in [9.17, 15) is 9.59 Å². The fourth-order valence-electron chi connectivity index (χ4n) is 4.52. The van der Waals surface area contributed by atoms with Gasteiger partial charge >= 0.3 is 0 Å². The molecule has 0 fully saturated rings. The van der Waals surface area contributed by atoms with Crippen LogP contribution in [0.3, 0.4) is 0 Å². The zero-order valence-electron chi connectivity index (χ0n) is 18.1. The SMILES string of the molecule is CCCN1C(=O)C(Cc2nc3ccccc3[nH]2)(NC(=O)c2ccccc2)c2cc(Cl)ccc21. The number of hydrogen-bond donors (Lipinski definition) is 2. The highest BCUT2D eigenvalue weighted by molar-refractivity contribution is 6.31. The summed E-state index contributed by atoms with van der Waals surface area (Å²) in [6.07, 6.45) is 0.952. The summed E-state index contributed by atoms with van der Waals surface area (Å²) >= 11 is 6.38. The molecule has 2 amide bonds. The average molecular weight is 459 g/mol. The molecule has 5 rings (SSSR count). The van der Waals surface area contributed by atoms with Crippen LogP contribution in [0, 0.1) is 0 Å². The smallest absolute Gasteiger partial charge is 0.257 e. The van der Waals surface area contributed by atoms with Gasteiger partial charge in [-0.2, -0.15) is 0 Å². The van der Waals surface area contributed by atoms with E-state index < -0.39 is 5.54 Å². The molecule has 0 bridgehead atoms. The van der Waals surface area contributed by atoms with Gasteiger partial charge in [-0.05, 0) is 48.9 Å². The Labute approximate surface area is 196 Å². The van der Waals surface area contributed by atoms with Gasteiger partial charge in [0.25, 0.3) is 11.8 Å². The molecule has 2 heterocycles. The number of aromatic amines is 1. The highest BCUT2D eigenvalue weighted by Gasteiger charge is 2.52. The van der Waals surface area contributed by atoms with Crippen molar-refractivity contribution in [3.05, 3.63) is 94.8 Å². The third kappa shape index (κ3) is 3.66. The molecule has 33 heavy (non-hydrogen) atoms. The Bertz CT molecular complexity index is 1320. The first kappa shape index (κ1) is 21.2. The molecule has 1 aromatic heterocycles. The van der Waals surface area contributed by atoms with Crippen molar-refractivity contribution in [3.8, 4) is 0 Å². The van der Waals surface area contributed by atoms with Crippen LogP contribution in [-0.4, -0.2) is 28.3 Å². The number of benzene rings is 3. The van der Waals surface area contributed by atoms with Crippen LogP contribution < -0.4 is 10.2 Å². The van der Waals surface area contributed by atoms with E-state index in [0.29, 0.717) is 28.5 Å². The predicted octanol–water partition coefficient (Wildman–Crippen LogP) is 4.84. The lowest BCUT2D eigenvalue weighted by atomic mass is 9.87. The van der Waals surface area contributed by atoms with Gasteiger partial charge in [-0.15, -0.1) is 0 Å². The topological polar surface area (TPSA) is 78.1 Å². The van der Waals surface area contributed by atoms with E-state index >= 15 is 0 Å². The lowest BCUT2D eigenvalue weighted by molar-refractivity contribution is -0.124. The number of anilines is 1. The minimum atomic E-state index is -1.34. The molecule has 3 aromatic carbocycles. The molecule has 166 valence electrons. The van der Waals surface area contributed by atoms with Crippen LogP contribution in [0.5, 0.6) is 0 Å². The zero-order chi connectivity index (χ0) is 23.0. The van der Waals surface area contributed by atoms with Crippen molar-refractivity contribution in [1.82, 2.24) is 15.3 Å². The summed E-state index contributed by atoms with van der Waals surface area (Å²) in [5.74, 6) is 0.0953. The van der Waals surface area contributed by atoms with Crippen molar-refractivity contribution in [2.45, 2.75) is 25.3 Å². The number of fused-ring (bicyclic) bond motifs is 2. The monoisotopic (exact) mass is 458 g/mol. The number of nitrogens with zero attached hydrogens (tertiary/aromatic N) is 2. The molecule has 1 aliphatic rings. The number of H-pyrrole nitrogens is 1. The number of hydrogen-bond acceptors (Lipinski definition) is 3. The van der Waals surface area contributed by atoms with Crippen molar-refractivity contribution >= 4 is 40.1 Å². The number of halogens is 1. The van der Waals surface area contributed by atoms with Crippen LogP contribution in [-0.2, 0) is 16.8 Å². The molecule has 7 heteroatoms. The summed E-state index contributed by atoms with van der Waals surface area (Å²) in [6, 6.07) is 22.0. The number of para-hydroxylation sites is 2. The van der Waals surface area contributed by atoms with Gasteiger partial charge in [0, 0.05) is 34.8 Å². The molecule has 0 spiro atoms. The fraction of sp³-hybridized carbons (Fsp3) is 0.192. The maximum Gasteiger partial charge on any atom is 0.257 e. The number of carbonyl (C=O) groups is 2. The van der Waals surface area contributed by atoms with E-state index in [4.69, 9.17) is 16.6 Å². The number of aromatic nitrogens is 2. The van der Waals surface area contributed by atoms with Crippen LogP contribution in [0.1, 0.15) is 35.1 Å². The van der Waals surface area contributed by atoms with Crippen molar-refractivity contribution in [2.24, 2.45) is 0 Å². The first-order valence-electron chi connectivity index (χ1n) is 10.9. The maximum atomic E-state index is 14.0. The van der Waals surface area contributed by atoms with E-state index in [1.54, 1.807) is 41.3 Å². The van der Waals surface area contributed by atoms with E-state index in [-0.39, 0.29) is 18.2 Å². The van der Waals surface area contributed by atoms with E-state index in [2.05, 4.69) is 10.3 Å². The number of amides is 2. The van der Waals surface area contributed by atoms with E-state index in [1.807, 2.05) is 43.3 Å². The van der Waals surface area contributed by atoms with Gasteiger partial charge in [0.05, 0.1) is 11.0 Å². The second-order valence-electron chi connectivity index (χ2n) is 8.22. The van der Waals surface area contributed by atoms with Gasteiger partial charge in [-0.25, -0.2) is 4.98 Å². The quantitative estimate of drug-likeness (QED) is 0.434. The zero-order valence-corrected chi connectivity index (χ0v) is 18.9.